The molecule has 0 aromatic rings. The van der Waals surface area contributed by atoms with E-state index in [-0.39, 0.29) is 0 Å². The van der Waals surface area contributed by atoms with Gasteiger partial charge in [-0.2, -0.15) is 0 Å². The van der Waals surface area contributed by atoms with Crippen LogP contribution in [-0.2, 0) is 9.53 Å². The molecule has 4 nitrogen and oxygen atoms in total. The summed E-state index contributed by atoms with van der Waals surface area (Å²) in [4.78, 5) is 10.7. The first-order valence-corrected chi connectivity index (χ1v) is 6.28. The van der Waals surface area contributed by atoms with Crippen LogP contribution in [0.3, 0.4) is 0 Å². The quantitative estimate of drug-likeness (QED) is 0.455. The smallest absolute Gasteiger partial charge is 0.331 e. The molecular formula is C13H25NO3. The molecule has 0 saturated heterocycles. The van der Waals surface area contributed by atoms with Gasteiger partial charge in [0.2, 0.25) is 0 Å². The van der Waals surface area contributed by atoms with Gasteiger partial charge in [0, 0.05) is 25.3 Å². The zero-order chi connectivity index (χ0) is 13.1. The van der Waals surface area contributed by atoms with Crippen molar-refractivity contribution in [1.29, 1.82) is 0 Å². The average molecular weight is 243 g/mol. The SMILES string of the molecule is CCC(=CCNCCCOCC(C)C)C(=O)O. The van der Waals surface area contributed by atoms with Crippen LogP contribution in [0.1, 0.15) is 33.6 Å². The van der Waals surface area contributed by atoms with Crippen LogP contribution in [0.4, 0.5) is 0 Å². The molecule has 2 N–H and O–H groups in total. The number of rotatable bonds is 10. The Balaban J connectivity index is 3.42. The lowest BCUT2D eigenvalue weighted by molar-refractivity contribution is -0.132. The second kappa shape index (κ2) is 10.3. The second-order valence-electron chi connectivity index (χ2n) is 4.41. The number of carboxylic acid groups (broad SMARTS) is 1. The van der Waals surface area contributed by atoms with Gasteiger partial charge >= 0.3 is 5.97 Å². The van der Waals surface area contributed by atoms with E-state index >= 15 is 0 Å². The highest BCUT2D eigenvalue weighted by atomic mass is 16.5. The Hall–Kier alpha value is -0.870. The molecule has 0 atom stereocenters. The fraction of sp³-hybridized carbons (Fsp3) is 0.769. The van der Waals surface area contributed by atoms with Gasteiger partial charge < -0.3 is 15.2 Å². The molecule has 0 aliphatic carbocycles. The Kier molecular flexibility index (Phi) is 9.77. The zero-order valence-electron chi connectivity index (χ0n) is 11.2. The molecule has 0 spiro atoms. The minimum atomic E-state index is -0.824. The molecular weight excluding hydrogens is 218 g/mol. The Morgan fingerprint density at radius 3 is 2.71 bits per heavy atom. The lowest BCUT2D eigenvalue weighted by Gasteiger charge is -2.06. The summed E-state index contributed by atoms with van der Waals surface area (Å²) in [5.74, 6) is -0.247. The average Bonchev–Trinajstić information content (AvgIpc) is 2.26. The first kappa shape index (κ1) is 16.1. The number of nitrogens with one attached hydrogen (secondary N) is 1. The summed E-state index contributed by atoms with van der Waals surface area (Å²) >= 11 is 0. The van der Waals surface area contributed by atoms with Gasteiger partial charge in [-0.25, -0.2) is 4.79 Å². The van der Waals surface area contributed by atoms with Gasteiger partial charge in [-0.05, 0) is 25.3 Å². The molecule has 4 heteroatoms. The zero-order valence-corrected chi connectivity index (χ0v) is 11.2. The second-order valence-corrected chi connectivity index (χ2v) is 4.41. The Bertz CT molecular complexity index is 237. The van der Waals surface area contributed by atoms with E-state index in [2.05, 4.69) is 19.2 Å². The number of aliphatic carboxylic acids is 1. The van der Waals surface area contributed by atoms with Crippen LogP contribution < -0.4 is 5.32 Å². The fourth-order valence-electron chi connectivity index (χ4n) is 1.30. The van der Waals surface area contributed by atoms with E-state index in [4.69, 9.17) is 9.84 Å². The summed E-state index contributed by atoms with van der Waals surface area (Å²) in [6.45, 7) is 9.13. The summed E-state index contributed by atoms with van der Waals surface area (Å²) in [6.07, 6.45) is 3.25. The van der Waals surface area contributed by atoms with E-state index in [1.165, 1.54) is 0 Å². The number of carbonyl (C=O) groups is 1. The number of carboxylic acids is 1. The number of hydrogen-bond acceptors (Lipinski definition) is 3. The highest BCUT2D eigenvalue weighted by Gasteiger charge is 2.02. The van der Waals surface area contributed by atoms with E-state index in [1.54, 1.807) is 6.08 Å². The lowest BCUT2D eigenvalue weighted by atomic mass is 10.2. The summed E-state index contributed by atoms with van der Waals surface area (Å²) < 4.78 is 5.43. The fourth-order valence-corrected chi connectivity index (χ4v) is 1.30. The third-order valence-corrected chi connectivity index (χ3v) is 2.24. The van der Waals surface area contributed by atoms with Crippen molar-refractivity contribution in [2.24, 2.45) is 5.92 Å². The van der Waals surface area contributed by atoms with Crippen molar-refractivity contribution < 1.29 is 14.6 Å². The Morgan fingerprint density at radius 2 is 2.18 bits per heavy atom. The normalized spacial score (nSPS) is 12.1. The first-order chi connectivity index (χ1) is 8.07. The molecule has 0 unspecified atom stereocenters. The van der Waals surface area contributed by atoms with Crippen LogP contribution in [0.5, 0.6) is 0 Å². The van der Waals surface area contributed by atoms with Crippen LogP contribution in [0.2, 0.25) is 0 Å². The maximum absolute atomic E-state index is 10.7. The molecule has 0 amide bonds. The standard InChI is InChI=1S/C13H25NO3/c1-4-12(13(15)16)6-8-14-7-5-9-17-10-11(2)3/h6,11,14H,4-5,7-10H2,1-3H3,(H,15,16). The van der Waals surface area contributed by atoms with Gasteiger partial charge in [0.1, 0.15) is 0 Å². The van der Waals surface area contributed by atoms with Crippen molar-refractivity contribution in [1.82, 2.24) is 5.32 Å². The van der Waals surface area contributed by atoms with Crippen molar-refractivity contribution in [2.45, 2.75) is 33.6 Å². The maximum Gasteiger partial charge on any atom is 0.331 e. The van der Waals surface area contributed by atoms with Crippen LogP contribution in [0, 0.1) is 5.92 Å². The van der Waals surface area contributed by atoms with Crippen molar-refractivity contribution >= 4 is 5.97 Å². The highest BCUT2D eigenvalue weighted by molar-refractivity contribution is 5.86. The highest BCUT2D eigenvalue weighted by Crippen LogP contribution is 1.98. The first-order valence-electron chi connectivity index (χ1n) is 6.28. The van der Waals surface area contributed by atoms with Crippen molar-refractivity contribution in [3.63, 3.8) is 0 Å². The summed E-state index contributed by atoms with van der Waals surface area (Å²) in [7, 11) is 0. The van der Waals surface area contributed by atoms with Crippen molar-refractivity contribution in [3.05, 3.63) is 11.6 Å². The predicted octanol–water partition coefficient (Wildman–Crippen LogP) is 2.06. The molecule has 0 aromatic heterocycles. The summed E-state index contributed by atoms with van der Waals surface area (Å²) in [5, 5.41) is 12.0. The van der Waals surface area contributed by atoms with E-state index < -0.39 is 5.97 Å². The van der Waals surface area contributed by atoms with Crippen molar-refractivity contribution in [2.75, 3.05) is 26.3 Å². The minimum Gasteiger partial charge on any atom is -0.478 e. The Labute approximate surface area is 104 Å². The van der Waals surface area contributed by atoms with Gasteiger partial charge in [-0.15, -0.1) is 0 Å². The topological polar surface area (TPSA) is 58.6 Å². The molecule has 0 heterocycles. The van der Waals surface area contributed by atoms with Gasteiger partial charge in [0.05, 0.1) is 0 Å². The predicted molar refractivity (Wildman–Crippen MR) is 69.2 cm³/mol. The molecule has 0 saturated carbocycles. The molecule has 0 rings (SSSR count). The van der Waals surface area contributed by atoms with Gasteiger partial charge in [-0.1, -0.05) is 26.8 Å². The molecule has 0 bridgehead atoms. The maximum atomic E-state index is 10.7. The largest absolute Gasteiger partial charge is 0.478 e. The molecule has 0 radical (unpaired) electrons. The van der Waals surface area contributed by atoms with E-state index in [1.807, 2.05) is 6.92 Å². The summed E-state index contributed by atoms with van der Waals surface area (Å²) in [6, 6.07) is 0. The molecule has 0 aliphatic rings. The molecule has 100 valence electrons. The number of ether oxygens (including phenoxy) is 1. The third-order valence-electron chi connectivity index (χ3n) is 2.24. The molecule has 0 aliphatic heterocycles. The third kappa shape index (κ3) is 10.0. The van der Waals surface area contributed by atoms with Gasteiger partial charge in [0.25, 0.3) is 0 Å². The van der Waals surface area contributed by atoms with Crippen LogP contribution in [0.25, 0.3) is 0 Å². The van der Waals surface area contributed by atoms with Gasteiger partial charge in [0.15, 0.2) is 0 Å². The lowest BCUT2D eigenvalue weighted by Crippen LogP contribution is -2.18. The molecule has 17 heavy (non-hydrogen) atoms. The number of hydrogen-bond donors (Lipinski definition) is 2. The Morgan fingerprint density at radius 1 is 1.47 bits per heavy atom. The summed E-state index contributed by atoms with van der Waals surface area (Å²) in [5.41, 5.74) is 0.466. The minimum absolute atomic E-state index is 0.466. The molecule has 0 aromatic carbocycles. The van der Waals surface area contributed by atoms with E-state index in [0.717, 1.165) is 26.2 Å². The van der Waals surface area contributed by atoms with Crippen molar-refractivity contribution in [3.8, 4) is 0 Å². The van der Waals surface area contributed by atoms with Gasteiger partial charge in [-0.3, -0.25) is 0 Å². The van der Waals surface area contributed by atoms with Crippen LogP contribution in [0.15, 0.2) is 11.6 Å². The molecule has 0 fully saturated rings. The van der Waals surface area contributed by atoms with E-state index in [9.17, 15) is 4.79 Å². The monoisotopic (exact) mass is 243 g/mol. The van der Waals surface area contributed by atoms with Crippen LogP contribution >= 0.6 is 0 Å². The van der Waals surface area contributed by atoms with E-state index in [0.29, 0.717) is 24.5 Å². The van der Waals surface area contributed by atoms with Crippen LogP contribution in [-0.4, -0.2) is 37.4 Å².